The summed E-state index contributed by atoms with van der Waals surface area (Å²) in [5.74, 6) is 0.0347. The molecule has 0 spiro atoms. The fraction of sp³-hybridized carbons (Fsp3) is 0.346. The molecule has 1 aliphatic heterocycles. The number of piperazine rings is 1. The maximum Gasteiger partial charge on any atom is 0.253 e. The quantitative estimate of drug-likeness (QED) is 0.607. The summed E-state index contributed by atoms with van der Waals surface area (Å²) in [6.07, 6.45) is 0.300. The van der Waals surface area contributed by atoms with Crippen molar-refractivity contribution in [3.8, 4) is 11.3 Å². The van der Waals surface area contributed by atoms with Crippen molar-refractivity contribution in [3.05, 3.63) is 75.1 Å². The number of amides is 2. The number of benzene rings is 2. The largest absolute Gasteiger partial charge is 0.352 e. The standard InChI is InChI=1S/C26H30N4O2S/c1-18-4-8-21(9-5-18)25-23(33-19(2)28-25)16-24(31)27-17-20-6-10-22(11-7-20)26(32)30-14-12-29(3)13-15-30/h4-11H,12-17H2,1-3H3,(H,27,31). The number of likely N-dealkylation sites (N-methyl/N-ethyl adjacent to an activating group) is 1. The Hall–Kier alpha value is -3.03. The van der Waals surface area contributed by atoms with Crippen LogP contribution in [0.3, 0.4) is 0 Å². The molecular weight excluding hydrogens is 432 g/mol. The molecule has 1 N–H and O–H groups in total. The first-order chi connectivity index (χ1) is 15.9. The Balaban J connectivity index is 1.33. The minimum Gasteiger partial charge on any atom is -0.352 e. The van der Waals surface area contributed by atoms with Crippen molar-refractivity contribution in [3.63, 3.8) is 0 Å². The second-order valence-electron chi connectivity index (χ2n) is 8.62. The van der Waals surface area contributed by atoms with Crippen LogP contribution in [0.15, 0.2) is 48.5 Å². The Morgan fingerprint density at radius 3 is 2.30 bits per heavy atom. The number of carbonyl (C=O) groups excluding carboxylic acids is 2. The molecule has 0 atom stereocenters. The summed E-state index contributed by atoms with van der Waals surface area (Å²) in [6.45, 7) is 7.78. The van der Waals surface area contributed by atoms with Crippen LogP contribution in [0.2, 0.25) is 0 Å². The van der Waals surface area contributed by atoms with Crippen molar-refractivity contribution in [2.45, 2.75) is 26.8 Å². The van der Waals surface area contributed by atoms with E-state index in [0.717, 1.165) is 52.9 Å². The number of hydrogen-bond acceptors (Lipinski definition) is 5. The predicted octanol–water partition coefficient (Wildman–Crippen LogP) is 3.67. The van der Waals surface area contributed by atoms with Crippen molar-refractivity contribution >= 4 is 23.2 Å². The first-order valence-corrected chi connectivity index (χ1v) is 12.1. The highest BCUT2D eigenvalue weighted by Crippen LogP contribution is 2.28. The van der Waals surface area contributed by atoms with E-state index in [1.165, 1.54) is 5.56 Å². The molecule has 3 aromatic rings. The maximum atomic E-state index is 12.7. The van der Waals surface area contributed by atoms with Gasteiger partial charge in [0.2, 0.25) is 5.91 Å². The Morgan fingerprint density at radius 2 is 1.64 bits per heavy atom. The number of hydrogen-bond donors (Lipinski definition) is 1. The first kappa shape index (κ1) is 23.1. The second kappa shape index (κ2) is 10.3. The minimum atomic E-state index is -0.0374. The molecule has 4 rings (SSSR count). The van der Waals surface area contributed by atoms with E-state index in [1.54, 1.807) is 11.3 Å². The molecule has 0 aliphatic carbocycles. The van der Waals surface area contributed by atoms with Crippen LogP contribution in [-0.4, -0.2) is 59.8 Å². The van der Waals surface area contributed by atoms with E-state index in [1.807, 2.05) is 36.1 Å². The maximum absolute atomic E-state index is 12.7. The molecule has 0 radical (unpaired) electrons. The molecule has 1 fully saturated rings. The topological polar surface area (TPSA) is 65.5 Å². The molecule has 0 bridgehead atoms. The third-order valence-electron chi connectivity index (χ3n) is 5.93. The zero-order valence-corrected chi connectivity index (χ0v) is 20.2. The van der Waals surface area contributed by atoms with Crippen LogP contribution in [0.4, 0.5) is 0 Å². The SMILES string of the molecule is Cc1ccc(-c2nc(C)sc2CC(=O)NCc2ccc(C(=O)N3CCN(C)CC3)cc2)cc1. The molecule has 2 heterocycles. The number of aromatic nitrogens is 1. The number of thiazole rings is 1. The summed E-state index contributed by atoms with van der Waals surface area (Å²) in [5, 5.41) is 3.95. The molecular formula is C26H30N4O2S. The molecule has 0 unspecified atom stereocenters. The molecule has 0 saturated carbocycles. The van der Waals surface area contributed by atoms with Gasteiger partial charge >= 0.3 is 0 Å². The summed E-state index contributed by atoms with van der Waals surface area (Å²) in [4.78, 5) is 35.1. The monoisotopic (exact) mass is 462 g/mol. The smallest absolute Gasteiger partial charge is 0.253 e. The molecule has 33 heavy (non-hydrogen) atoms. The summed E-state index contributed by atoms with van der Waals surface area (Å²) < 4.78 is 0. The molecule has 7 heteroatoms. The fourth-order valence-electron chi connectivity index (χ4n) is 3.89. The van der Waals surface area contributed by atoms with Gasteiger partial charge in [-0.1, -0.05) is 42.0 Å². The van der Waals surface area contributed by atoms with E-state index in [2.05, 4.69) is 53.4 Å². The highest BCUT2D eigenvalue weighted by Gasteiger charge is 2.20. The van der Waals surface area contributed by atoms with Gasteiger partial charge in [0.25, 0.3) is 5.91 Å². The van der Waals surface area contributed by atoms with Crippen LogP contribution in [0.5, 0.6) is 0 Å². The van der Waals surface area contributed by atoms with Crippen LogP contribution in [-0.2, 0) is 17.8 Å². The lowest BCUT2D eigenvalue weighted by molar-refractivity contribution is -0.120. The van der Waals surface area contributed by atoms with Crippen LogP contribution in [0.1, 0.15) is 31.4 Å². The Morgan fingerprint density at radius 1 is 0.970 bits per heavy atom. The normalized spacial score (nSPS) is 14.3. The second-order valence-corrected chi connectivity index (χ2v) is 9.90. The van der Waals surface area contributed by atoms with Gasteiger partial charge in [-0.2, -0.15) is 0 Å². The highest BCUT2D eigenvalue weighted by molar-refractivity contribution is 7.12. The summed E-state index contributed by atoms with van der Waals surface area (Å²) in [5.41, 5.74) is 4.78. The van der Waals surface area contributed by atoms with Crippen LogP contribution in [0.25, 0.3) is 11.3 Å². The van der Waals surface area contributed by atoms with Gasteiger partial charge < -0.3 is 15.1 Å². The average molecular weight is 463 g/mol. The lowest BCUT2D eigenvalue weighted by Gasteiger charge is -2.32. The molecule has 6 nitrogen and oxygen atoms in total. The fourth-order valence-corrected chi connectivity index (χ4v) is 4.85. The van der Waals surface area contributed by atoms with Gasteiger partial charge in [-0.15, -0.1) is 11.3 Å². The third-order valence-corrected chi connectivity index (χ3v) is 6.90. The third kappa shape index (κ3) is 5.86. The molecule has 1 aliphatic rings. The van der Waals surface area contributed by atoms with Gasteiger partial charge in [-0.05, 0) is 38.6 Å². The van der Waals surface area contributed by atoms with Gasteiger partial charge in [0.1, 0.15) is 0 Å². The number of rotatable bonds is 6. The molecule has 1 saturated heterocycles. The number of nitrogens with one attached hydrogen (secondary N) is 1. The van der Waals surface area contributed by atoms with Crippen molar-refractivity contribution in [2.24, 2.45) is 0 Å². The molecule has 1 aromatic heterocycles. The molecule has 172 valence electrons. The van der Waals surface area contributed by atoms with Gasteiger partial charge in [-0.3, -0.25) is 9.59 Å². The van der Waals surface area contributed by atoms with E-state index in [-0.39, 0.29) is 11.8 Å². The van der Waals surface area contributed by atoms with Crippen molar-refractivity contribution < 1.29 is 9.59 Å². The Bertz CT molecular complexity index is 1110. The van der Waals surface area contributed by atoms with Gasteiger partial charge in [-0.25, -0.2) is 4.98 Å². The number of aryl methyl sites for hydroxylation is 2. The van der Waals surface area contributed by atoms with Crippen molar-refractivity contribution in [2.75, 3.05) is 33.2 Å². The summed E-state index contributed by atoms with van der Waals surface area (Å²) >= 11 is 1.57. The zero-order chi connectivity index (χ0) is 23.4. The molecule has 2 amide bonds. The summed E-state index contributed by atoms with van der Waals surface area (Å²) in [6, 6.07) is 15.8. The number of nitrogens with zero attached hydrogens (tertiary/aromatic N) is 3. The molecule has 2 aromatic carbocycles. The van der Waals surface area contributed by atoms with E-state index in [0.29, 0.717) is 18.5 Å². The lowest BCUT2D eigenvalue weighted by Crippen LogP contribution is -2.47. The Labute approximate surface area is 199 Å². The van der Waals surface area contributed by atoms with Gasteiger partial charge in [0.15, 0.2) is 0 Å². The summed E-state index contributed by atoms with van der Waals surface area (Å²) in [7, 11) is 2.07. The van der Waals surface area contributed by atoms with Gasteiger partial charge in [0.05, 0.1) is 17.1 Å². The predicted molar refractivity (Wildman–Crippen MR) is 132 cm³/mol. The van der Waals surface area contributed by atoms with Crippen molar-refractivity contribution in [1.82, 2.24) is 20.1 Å². The minimum absolute atomic E-state index is 0.0374. The van der Waals surface area contributed by atoms with E-state index < -0.39 is 0 Å². The highest BCUT2D eigenvalue weighted by atomic mass is 32.1. The number of carbonyl (C=O) groups is 2. The van der Waals surface area contributed by atoms with E-state index >= 15 is 0 Å². The first-order valence-electron chi connectivity index (χ1n) is 11.3. The van der Waals surface area contributed by atoms with Crippen molar-refractivity contribution in [1.29, 1.82) is 0 Å². The average Bonchev–Trinajstić information content (AvgIpc) is 3.18. The van der Waals surface area contributed by atoms with Crippen LogP contribution < -0.4 is 5.32 Å². The van der Waals surface area contributed by atoms with E-state index in [4.69, 9.17) is 0 Å². The van der Waals surface area contributed by atoms with Crippen LogP contribution >= 0.6 is 11.3 Å². The van der Waals surface area contributed by atoms with Gasteiger partial charge in [0, 0.05) is 48.7 Å². The van der Waals surface area contributed by atoms with Crippen LogP contribution in [0, 0.1) is 13.8 Å². The zero-order valence-electron chi connectivity index (χ0n) is 19.4. The van der Waals surface area contributed by atoms with E-state index in [9.17, 15) is 9.59 Å². The lowest BCUT2D eigenvalue weighted by atomic mass is 10.1. The Kier molecular flexibility index (Phi) is 7.20.